The van der Waals surface area contributed by atoms with Crippen molar-refractivity contribution in [2.24, 2.45) is 5.92 Å². The first-order valence-electron chi connectivity index (χ1n) is 4.21. The third-order valence-electron chi connectivity index (χ3n) is 1.61. The lowest BCUT2D eigenvalue weighted by atomic mass is 10.0. The Balaban J connectivity index is 2.77. The van der Waals surface area contributed by atoms with E-state index in [1.165, 1.54) is 25.7 Å². The highest BCUT2D eigenvalue weighted by Gasteiger charge is 1.93. The molecule has 0 spiro atoms. The van der Waals surface area contributed by atoms with E-state index < -0.39 is 0 Å². The molecule has 0 saturated carbocycles. The van der Waals surface area contributed by atoms with E-state index in [0.717, 1.165) is 6.42 Å². The van der Waals surface area contributed by atoms with Crippen molar-refractivity contribution in [2.45, 2.75) is 39.0 Å². The minimum Gasteiger partial charge on any atom is -0.396 e. The Kier molecular flexibility index (Phi) is 7.04. The van der Waals surface area contributed by atoms with Gasteiger partial charge < -0.3 is 5.11 Å². The van der Waals surface area contributed by atoms with Crippen molar-refractivity contribution in [1.82, 2.24) is 0 Å². The van der Waals surface area contributed by atoms with E-state index in [-0.39, 0.29) is 0 Å². The predicted octanol–water partition coefficient (Wildman–Crippen LogP) is 2.40. The molecule has 0 aromatic rings. The molecule has 0 aromatic heterocycles. The average Bonchev–Trinajstić information content (AvgIpc) is 1.87. The SMILES string of the molecule is [CH2]C(C)CCCCCCO. The molecular formula is C9H19O. The van der Waals surface area contributed by atoms with E-state index in [9.17, 15) is 0 Å². The normalized spacial score (nSPS) is 10.8. The van der Waals surface area contributed by atoms with Crippen LogP contribution < -0.4 is 0 Å². The zero-order valence-electron chi connectivity index (χ0n) is 6.97. The third kappa shape index (κ3) is 7.96. The number of rotatable bonds is 6. The second kappa shape index (κ2) is 7.07. The van der Waals surface area contributed by atoms with Crippen LogP contribution in [0.3, 0.4) is 0 Å². The molecule has 0 aliphatic heterocycles. The molecule has 61 valence electrons. The van der Waals surface area contributed by atoms with Crippen LogP contribution in [-0.4, -0.2) is 11.7 Å². The number of aliphatic hydroxyl groups excluding tert-OH is 1. The zero-order valence-corrected chi connectivity index (χ0v) is 6.97. The maximum Gasteiger partial charge on any atom is 0.0431 e. The second-order valence-electron chi connectivity index (χ2n) is 3.03. The summed E-state index contributed by atoms with van der Waals surface area (Å²) in [6.07, 6.45) is 5.88. The Labute approximate surface area is 64.5 Å². The van der Waals surface area contributed by atoms with Gasteiger partial charge in [-0.15, -0.1) is 0 Å². The van der Waals surface area contributed by atoms with Crippen molar-refractivity contribution in [3.8, 4) is 0 Å². The molecular weight excluding hydrogens is 124 g/mol. The highest BCUT2D eigenvalue weighted by atomic mass is 16.2. The summed E-state index contributed by atoms with van der Waals surface area (Å²) in [7, 11) is 0. The lowest BCUT2D eigenvalue weighted by Crippen LogP contribution is -1.88. The van der Waals surface area contributed by atoms with Crippen molar-refractivity contribution < 1.29 is 5.11 Å². The van der Waals surface area contributed by atoms with Crippen molar-refractivity contribution in [2.75, 3.05) is 6.61 Å². The van der Waals surface area contributed by atoms with E-state index in [1.54, 1.807) is 0 Å². The molecule has 1 heteroatoms. The minimum atomic E-state index is 0.347. The largest absolute Gasteiger partial charge is 0.396 e. The van der Waals surface area contributed by atoms with E-state index in [2.05, 4.69) is 13.8 Å². The van der Waals surface area contributed by atoms with Gasteiger partial charge in [0.05, 0.1) is 0 Å². The van der Waals surface area contributed by atoms with Gasteiger partial charge >= 0.3 is 0 Å². The van der Waals surface area contributed by atoms with Gasteiger partial charge in [0.2, 0.25) is 0 Å². The molecule has 0 aromatic carbocycles. The van der Waals surface area contributed by atoms with E-state index in [4.69, 9.17) is 5.11 Å². The van der Waals surface area contributed by atoms with Crippen LogP contribution in [0.2, 0.25) is 0 Å². The van der Waals surface area contributed by atoms with Crippen LogP contribution in [0.15, 0.2) is 0 Å². The number of aliphatic hydroxyl groups is 1. The monoisotopic (exact) mass is 143 g/mol. The van der Waals surface area contributed by atoms with E-state index in [1.807, 2.05) is 0 Å². The van der Waals surface area contributed by atoms with Gasteiger partial charge in [-0.25, -0.2) is 0 Å². The molecule has 10 heavy (non-hydrogen) atoms. The van der Waals surface area contributed by atoms with Crippen molar-refractivity contribution >= 4 is 0 Å². The molecule has 0 fully saturated rings. The Morgan fingerprint density at radius 3 is 2.30 bits per heavy atom. The highest BCUT2D eigenvalue weighted by molar-refractivity contribution is 4.53. The molecule has 1 radical (unpaired) electrons. The van der Waals surface area contributed by atoms with Gasteiger partial charge in [-0.2, -0.15) is 0 Å². The van der Waals surface area contributed by atoms with E-state index in [0.29, 0.717) is 12.5 Å². The Morgan fingerprint density at radius 2 is 1.80 bits per heavy atom. The smallest absolute Gasteiger partial charge is 0.0431 e. The molecule has 1 atom stereocenters. The predicted molar refractivity (Wildman–Crippen MR) is 44.7 cm³/mol. The van der Waals surface area contributed by atoms with Crippen LogP contribution in [0.1, 0.15) is 39.0 Å². The molecule has 0 bridgehead atoms. The molecule has 0 rings (SSSR count). The van der Waals surface area contributed by atoms with Crippen LogP contribution >= 0.6 is 0 Å². The fourth-order valence-corrected chi connectivity index (χ4v) is 0.958. The van der Waals surface area contributed by atoms with Crippen molar-refractivity contribution in [1.29, 1.82) is 0 Å². The molecule has 0 amide bonds. The topological polar surface area (TPSA) is 20.2 Å². The fourth-order valence-electron chi connectivity index (χ4n) is 0.958. The second-order valence-corrected chi connectivity index (χ2v) is 3.03. The summed E-state index contributed by atoms with van der Waals surface area (Å²) in [5.74, 6) is 0.592. The summed E-state index contributed by atoms with van der Waals surface area (Å²) in [4.78, 5) is 0. The van der Waals surface area contributed by atoms with Gasteiger partial charge in [0.1, 0.15) is 0 Å². The van der Waals surface area contributed by atoms with Crippen LogP contribution in [0.25, 0.3) is 0 Å². The highest BCUT2D eigenvalue weighted by Crippen LogP contribution is 2.08. The summed E-state index contributed by atoms with van der Waals surface area (Å²) in [6, 6.07) is 0. The third-order valence-corrected chi connectivity index (χ3v) is 1.61. The summed E-state index contributed by atoms with van der Waals surface area (Å²) in [6.45, 7) is 6.40. The maximum absolute atomic E-state index is 8.46. The summed E-state index contributed by atoms with van der Waals surface area (Å²) in [5, 5.41) is 8.46. The summed E-state index contributed by atoms with van der Waals surface area (Å²) in [5.41, 5.74) is 0. The van der Waals surface area contributed by atoms with Crippen LogP contribution in [0.5, 0.6) is 0 Å². The minimum absolute atomic E-state index is 0.347. The van der Waals surface area contributed by atoms with Gasteiger partial charge in [0.15, 0.2) is 0 Å². The van der Waals surface area contributed by atoms with Crippen molar-refractivity contribution in [3.05, 3.63) is 6.92 Å². The fraction of sp³-hybridized carbons (Fsp3) is 0.889. The molecule has 1 unspecified atom stereocenters. The molecule has 0 saturated heterocycles. The molecule has 1 nitrogen and oxygen atoms in total. The van der Waals surface area contributed by atoms with E-state index >= 15 is 0 Å². The lowest BCUT2D eigenvalue weighted by molar-refractivity contribution is 0.282. The van der Waals surface area contributed by atoms with Gasteiger partial charge in [-0.3, -0.25) is 0 Å². The molecule has 0 heterocycles. The first kappa shape index (κ1) is 9.96. The molecule has 0 aliphatic carbocycles. The Hall–Kier alpha value is -0.0400. The zero-order chi connectivity index (χ0) is 7.82. The maximum atomic E-state index is 8.46. The average molecular weight is 143 g/mol. The first-order chi connectivity index (χ1) is 4.77. The first-order valence-corrected chi connectivity index (χ1v) is 4.21. The van der Waals surface area contributed by atoms with Crippen molar-refractivity contribution in [3.63, 3.8) is 0 Å². The molecule has 0 aliphatic rings. The number of hydrogen-bond acceptors (Lipinski definition) is 1. The van der Waals surface area contributed by atoms with Gasteiger partial charge in [-0.1, -0.05) is 39.5 Å². The van der Waals surface area contributed by atoms with Gasteiger partial charge in [0, 0.05) is 6.61 Å². The van der Waals surface area contributed by atoms with Crippen LogP contribution in [0.4, 0.5) is 0 Å². The van der Waals surface area contributed by atoms with Crippen LogP contribution in [0, 0.1) is 12.8 Å². The van der Waals surface area contributed by atoms with Gasteiger partial charge in [0.25, 0.3) is 0 Å². The quantitative estimate of drug-likeness (QED) is 0.566. The standard InChI is InChI=1S/C9H19O/c1-9(2)7-5-3-4-6-8-10/h9-10H,1,3-8H2,2H3. The summed E-state index contributed by atoms with van der Waals surface area (Å²) < 4.78 is 0. The lowest BCUT2D eigenvalue weighted by Gasteiger charge is -2.02. The number of hydrogen-bond donors (Lipinski definition) is 1. The van der Waals surface area contributed by atoms with Gasteiger partial charge in [-0.05, 0) is 12.3 Å². The Morgan fingerprint density at radius 1 is 1.20 bits per heavy atom. The Bertz CT molecular complexity index is 59.7. The van der Waals surface area contributed by atoms with Crippen LogP contribution in [-0.2, 0) is 0 Å². The molecule has 1 N–H and O–H groups in total. The summed E-state index contributed by atoms with van der Waals surface area (Å²) >= 11 is 0. The number of unbranched alkanes of at least 4 members (excludes halogenated alkanes) is 3.